The Bertz CT molecular complexity index is 535. The molecule has 0 saturated heterocycles. The van der Waals surface area contributed by atoms with E-state index < -0.39 is 0 Å². The number of tetrazole rings is 1. The number of nitrogens with one attached hydrogen (secondary N) is 1. The number of nitrogens with zero attached hydrogens (tertiary/aromatic N) is 4. The van der Waals surface area contributed by atoms with Crippen molar-refractivity contribution in [2.24, 2.45) is 7.05 Å². The molecule has 1 N–H and O–H groups in total. The van der Waals surface area contributed by atoms with Crippen LogP contribution in [0.5, 0.6) is 5.75 Å². The third kappa shape index (κ3) is 2.82. The molecule has 1 amide bonds. The Morgan fingerprint density at radius 3 is 2.67 bits per heavy atom. The third-order valence-electron chi connectivity index (χ3n) is 2.40. The van der Waals surface area contributed by atoms with Crippen LogP contribution in [0.15, 0.2) is 24.3 Å². The monoisotopic (exact) mass is 247 g/mol. The number of rotatable bonds is 4. The molecule has 2 rings (SSSR count). The predicted molar refractivity (Wildman–Crippen MR) is 64.1 cm³/mol. The number of methoxy groups -OCH3 is 1. The first kappa shape index (κ1) is 12.0. The van der Waals surface area contributed by atoms with Gasteiger partial charge < -0.3 is 10.1 Å². The van der Waals surface area contributed by atoms with E-state index in [0.29, 0.717) is 11.5 Å². The van der Waals surface area contributed by atoms with Gasteiger partial charge in [-0.1, -0.05) is 0 Å². The van der Waals surface area contributed by atoms with Gasteiger partial charge in [-0.2, -0.15) is 0 Å². The van der Waals surface area contributed by atoms with Crippen molar-refractivity contribution in [2.75, 3.05) is 12.4 Å². The van der Waals surface area contributed by atoms with E-state index >= 15 is 0 Å². The predicted octanol–water partition coefficient (Wildman–Crippen LogP) is 0.400. The molecule has 7 heteroatoms. The second-order valence-corrected chi connectivity index (χ2v) is 3.67. The molecule has 0 bridgehead atoms. The number of aryl methyl sites for hydroxylation is 1. The fraction of sp³-hybridized carbons (Fsp3) is 0.273. The molecule has 0 unspecified atom stereocenters. The highest BCUT2D eigenvalue weighted by Gasteiger charge is 2.09. The summed E-state index contributed by atoms with van der Waals surface area (Å²) in [6, 6.07) is 7.09. The van der Waals surface area contributed by atoms with Gasteiger partial charge in [-0.25, -0.2) is 4.68 Å². The van der Waals surface area contributed by atoms with Crippen LogP contribution in [-0.4, -0.2) is 33.2 Å². The molecule has 0 radical (unpaired) electrons. The Balaban J connectivity index is 1.96. The number of amides is 1. The van der Waals surface area contributed by atoms with Crippen molar-refractivity contribution >= 4 is 11.6 Å². The van der Waals surface area contributed by atoms with Crippen LogP contribution in [0.3, 0.4) is 0 Å². The number of anilines is 1. The second kappa shape index (κ2) is 5.26. The van der Waals surface area contributed by atoms with E-state index in [1.54, 1.807) is 38.4 Å². The summed E-state index contributed by atoms with van der Waals surface area (Å²) >= 11 is 0. The molecular weight excluding hydrogens is 234 g/mol. The first-order chi connectivity index (χ1) is 8.69. The maximum absolute atomic E-state index is 11.7. The van der Waals surface area contributed by atoms with E-state index in [1.807, 2.05) is 0 Å². The van der Waals surface area contributed by atoms with Crippen molar-refractivity contribution in [1.29, 1.82) is 0 Å². The standard InChI is InChI=1S/C11H13N5O2/c1-16-10(13-14-15-16)7-11(17)12-8-3-5-9(18-2)6-4-8/h3-6H,7H2,1-2H3,(H,12,17). The lowest BCUT2D eigenvalue weighted by molar-refractivity contribution is -0.115. The molecule has 0 aliphatic carbocycles. The fourth-order valence-electron chi connectivity index (χ4n) is 1.42. The minimum atomic E-state index is -0.168. The molecule has 2 aromatic rings. The van der Waals surface area contributed by atoms with Crippen LogP contribution in [0.25, 0.3) is 0 Å². The summed E-state index contributed by atoms with van der Waals surface area (Å²) in [6.07, 6.45) is 0.134. The average Bonchev–Trinajstić information content (AvgIpc) is 2.76. The van der Waals surface area contributed by atoms with Gasteiger partial charge in [0.1, 0.15) is 5.75 Å². The van der Waals surface area contributed by atoms with Gasteiger partial charge >= 0.3 is 0 Å². The van der Waals surface area contributed by atoms with Gasteiger partial charge in [0.15, 0.2) is 5.82 Å². The Kier molecular flexibility index (Phi) is 3.52. The Hall–Kier alpha value is -2.44. The minimum absolute atomic E-state index is 0.134. The van der Waals surface area contributed by atoms with Crippen LogP contribution in [-0.2, 0) is 18.3 Å². The number of hydrogen-bond acceptors (Lipinski definition) is 5. The molecule has 0 spiro atoms. The van der Waals surface area contributed by atoms with Crippen LogP contribution in [0.2, 0.25) is 0 Å². The third-order valence-corrected chi connectivity index (χ3v) is 2.40. The van der Waals surface area contributed by atoms with E-state index in [2.05, 4.69) is 20.8 Å². The largest absolute Gasteiger partial charge is 0.497 e. The van der Waals surface area contributed by atoms with Crippen molar-refractivity contribution in [2.45, 2.75) is 6.42 Å². The number of ether oxygens (including phenoxy) is 1. The van der Waals surface area contributed by atoms with Gasteiger partial charge in [0.2, 0.25) is 5.91 Å². The van der Waals surface area contributed by atoms with Gasteiger partial charge in [0.05, 0.1) is 13.5 Å². The first-order valence-corrected chi connectivity index (χ1v) is 5.34. The molecule has 18 heavy (non-hydrogen) atoms. The van der Waals surface area contributed by atoms with Crippen molar-refractivity contribution in [3.8, 4) is 5.75 Å². The molecule has 1 aromatic carbocycles. The maximum atomic E-state index is 11.7. The summed E-state index contributed by atoms with van der Waals surface area (Å²) in [6.45, 7) is 0. The van der Waals surface area contributed by atoms with Gasteiger partial charge in [0, 0.05) is 12.7 Å². The molecule has 0 saturated carbocycles. The van der Waals surface area contributed by atoms with Gasteiger partial charge in [-0.3, -0.25) is 4.79 Å². The van der Waals surface area contributed by atoms with Gasteiger partial charge in [0.25, 0.3) is 0 Å². The summed E-state index contributed by atoms with van der Waals surface area (Å²) in [5, 5.41) is 13.6. The summed E-state index contributed by atoms with van der Waals surface area (Å²) in [5.74, 6) is 1.09. The highest BCUT2D eigenvalue weighted by molar-refractivity contribution is 5.91. The number of carbonyl (C=O) groups excluding carboxylic acids is 1. The highest BCUT2D eigenvalue weighted by atomic mass is 16.5. The first-order valence-electron chi connectivity index (χ1n) is 5.34. The summed E-state index contributed by atoms with van der Waals surface area (Å²) < 4.78 is 6.50. The quantitative estimate of drug-likeness (QED) is 0.845. The topological polar surface area (TPSA) is 81.9 Å². The molecule has 0 atom stereocenters. The van der Waals surface area contributed by atoms with Crippen LogP contribution < -0.4 is 10.1 Å². The molecule has 0 aliphatic rings. The SMILES string of the molecule is COc1ccc(NC(=O)Cc2nnnn2C)cc1. The lowest BCUT2D eigenvalue weighted by Crippen LogP contribution is -2.17. The zero-order valence-corrected chi connectivity index (χ0v) is 10.1. The van der Waals surface area contributed by atoms with E-state index in [0.717, 1.165) is 5.75 Å². The van der Waals surface area contributed by atoms with E-state index in [9.17, 15) is 4.79 Å². The highest BCUT2D eigenvalue weighted by Crippen LogP contribution is 2.15. The van der Waals surface area contributed by atoms with Crippen molar-refractivity contribution in [1.82, 2.24) is 20.2 Å². The Morgan fingerprint density at radius 1 is 1.39 bits per heavy atom. The molecule has 94 valence electrons. The number of carbonyl (C=O) groups is 1. The minimum Gasteiger partial charge on any atom is -0.497 e. The summed E-state index contributed by atoms with van der Waals surface area (Å²) in [5.41, 5.74) is 0.705. The summed E-state index contributed by atoms with van der Waals surface area (Å²) in [4.78, 5) is 11.7. The maximum Gasteiger partial charge on any atom is 0.232 e. The summed E-state index contributed by atoms with van der Waals surface area (Å²) in [7, 11) is 3.28. The Labute approximate surface area is 104 Å². The van der Waals surface area contributed by atoms with Gasteiger partial charge in [-0.15, -0.1) is 5.10 Å². The van der Waals surface area contributed by atoms with Crippen LogP contribution in [0.4, 0.5) is 5.69 Å². The molecule has 0 aliphatic heterocycles. The van der Waals surface area contributed by atoms with E-state index in [4.69, 9.17) is 4.74 Å². The van der Waals surface area contributed by atoms with Crippen molar-refractivity contribution in [3.05, 3.63) is 30.1 Å². The Morgan fingerprint density at radius 2 is 2.11 bits per heavy atom. The molecular formula is C11H13N5O2. The average molecular weight is 247 g/mol. The van der Waals surface area contributed by atoms with Crippen LogP contribution >= 0.6 is 0 Å². The second-order valence-electron chi connectivity index (χ2n) is 3.67. The fourth-order valence-corrected chi connectivity index (χ4v) is 1.42. The zero-order chi connectivity index (χ0) is 13.0. The molecule has 1 aromatic heterocycles. The normalized spacial score (nSPS) is 10.1. The van der Waals surface area contributed by atoms with E-state index in [-0.39, 0.29) is 12.3 Å². The zero-order valence-electron chi connectivity index (χ0n) is 10.1. The molecule has 7 nitrogen and oxygen atoms in total. The van der Waals surface area contributed by atoms with Crippen molar-refractivity contribution in [3.63, 3.8) is 0 Å². The molecule has 0 fully saturated rings. The van der Waals surface area contributed by atoms with Gasteiger partial charge in [-0.05, 0) is 34.7 Å². The number of hydrogen-bond donors (Lipinski definition) is 1. The lowest BCUT2D eigenvalue weighted by atomic mass is 10.3. The van der Waals surface area contributed by atoms with Crippen LogP contribution in [0, 0.1) is 0 Å². The van der Waals surface area contributed by atoms with Crippen molar-refractivity contribution < 1.29 is 9.53 Å². The van der Waals surface area contributed by atoms with E-state index in [1.165, 1.54) is 4.68 Å². The molecule has 1 heterocycles. The smallest absolute Gasteiger partial charge is 0.232 e. The number of benzene rings is 1. The lowest BCUT2D eigenvalue weighted by Gasteiger charge is -2.05. The number of aromatic nitrogens is 4. The van der Waals surface area contributed by atoms with Crippen LogP contribution in [0.1, 0.15) is 5.82 Å².